The van der Waals surface area contributed by atoms with E-state index < -0.39 is 0 Å². The predicted molar refractivity (Wildman–Crippen MR) is 93.2 cm³/mol. The van der Waals surface area contributed by atoms with Crippen LogP contribution >= 0.6 is 0 Å². The molecular weight excluding hydrogens is 336 g/mol. The van der Waals surface area contributed by atoms with Crippen molar-refractivity contribution in [1.82, 2.24) is 30.6 Å². The van der Waals surface area contributed by atoms with Crippen molar-refractivity contribution in [2.45, 2.75) is 13.0 Å². The van der Waals surface area contributed by atoms with Crippen LogP contribution in [-0.4, -0.2) is 38.3 Å². The number of carbonyl (C=O) groups is 2. The number of hydrogen-bond donors (Lipinski definition) is 3. The van der Waals surface area contributed by atoms with E-state index in [1.54, 1.807) is 12.1 Å². The van der Waals surface area contributed by atoms with Gasteiger partial charge in [-0.1, -0.05) is 0 Å². The van der Waals surface area contributed by atoms with Crippen LogP contribution < -0.4 is 16.2 Å². The van der Waals surface area contributed by atoms with Crippen LogP contribution in [0.2, 0.25) is 0 Å². The fraction of sp³-hybridized carbons (Fsp3) is 0.176. The number of carbonyl (C=O) groups excluding carboxylic acids is 2. The number of nitrogens with zero attached hydrogens (tertiary/aromatic N) is 3. The van der Waals surface area contributed by atoms with Gasteiger partial charge in [-0.15, -0.1) is 0 Å². The molecule has 3 aromatic heterocycles. The largest absolute Gasteiger partial charge is 0.350 e. The summed E-state index contributed by atoms with van der Waals surface area (Å²) in [6, 6.07) is 6.71. The van der Waals surface area contributed by atoms with Gasteiger partial charge in [0.05, 0.1) is 18.4 Å². The molecule has 9 heteroatoms. The molecule has 3 N–H and O–H groups in total. The minimum atomic E-state index is -0.383. The number of pyridine rings is 2. The Balaban J connectivity index is 1.47. The van der Waals surface area contributed by atoms with Crippen molar-refractivity contribution in [1.29, 1.82) is 0 Å². The summed E-state index contributed by atoms with van der Waals surface area (Å²) in [6.07, 6.45) is 4.37. The first-order valence-corrected chi connectivity index (χ1v) is 7.92. The maximum absolute atomic E-state index is 11.9. The molecule has 0 saturated carbocycles. The lowest BCUT2D eigenvalue weighted by atomic mass is 10.2. The average molecular weight is 352 g/mol. The quantitative estimate of drug-likeness (QED) is 0.579. The molecule has 0 bridgehead atoms. The lowest BCUT2D eigenvalue weighted by molar-refractivity contribution is -0.121. The minimum absolute atomic E-state index is 0.121. The van der Waals surface area contributed by atoms with Gasteiger partial charge in [0.15, 0.2) is 0 Å². The Labute approximate surface area is 147 Å². The van der Waals surface area contributed by atoms with Crippen LogP contribution in [0.4, 0.5) is 0 Å². The third-order valence-electron chi connectivity index (χ3n) is 3.54. The van der Waals surface area contributed by atoms with Gasteiger partial charge in [-0.2, -0.15) is 0 Å². The zero-order valence-electron chi connectivity index (χ0n) is 13.7. The van der Waals surface area contributed by atoms with Gasteiger partial charge in [0, 0.05) is 36.8 Å². The zero-order valence-corrected chi connectivity index (χ0v) is 13.7. The summed E-state index contributed by atoms with van der Waals surface area (Å²) in [7, 11) is 0. The van der Waals surface area contributed by atoms with E-state index in [9.17, 15) is 14.4 Å². The highest BCUT2D eigenvalue weighted by Gasteiger charge is 2.08. The van der Waals surface area contributed by atoms with E-state index in [1.807, 2.05) is 6.07 Å². The summed E-state index contributed by atoms with van der Waals surface area (Å²) in [6.45, 7) is 0.406. The Hall–Kier alpha value is -3.62. The van der Waals surface area contributed by atoms with Crippen molar-refractivity contribution in [3.63, 3.8) is 0 Å². The number of aromatic amines is 1. The highest BCUT2D eigenvalue weighted by atomic mass is 16.2. The Morgan fingerprint density at radius 2 is 1.92 bits per heavy atom. The smallest absolute Gasteiger partial charge is 0.271 e. The number of amides is 2. The van der Waals surface area contributed by atoms with E-state index in [1.165, 1.54) is 24.7 Å². The highest BCUT2D eigenvalue weighted by molar-refractivity contribution is 5.92. The molecule has 3 aromatic rings. The first-order valence-electron chi connectivity index (χ1n) is 7.92. The molecule has 0 unspecified atom stereocenters. The van der Waals surface area contributed by atoms with Crippen LogP contribution in [0.5, 0.6) is 0 Å². The van der Waals surface area contributed by atoms with Crippen molar-refractivity contribution in [2.24, 2.45) is 0 Å². The van der Waals surface area contributed by atoms with Crippen molar-refractivity contribution < 1.29 is 9.59 Å². The number of hydrogen-bond acceptors (Lipinski definition) is 6. The van der Waals surface area contributed by atoms with Crippen molar-refractivity contribution >= 4 is 22.8 Å². The molecular formula is C17H16N6O3. The number of nitrogens with one attached hydrogen (secondary N) is 3. The second-order valence-corrected chi connectivity index (χ2v) is 5.44. The summed E-state index contributed by atoms with van der Waals surface area (Å²) in [5.41, 5.74) is 1.06. The number of rotatable bonds is 6. The average Bonchev–Trinajstić information content (AvgIpc) is 2.66. The van der Waals surface area contributed by atoms with Crippen molar-refractivity contribution in [3.8, 4) is 0 Å². The fourth-order valence-electron chi connectivity index (χ4n) is 2.24. The fourth-order valence-corrected chi connectivity index (χ4v) is 2.24. The van der Waals surface area contributed by atoms with E-state index in [4.69, 9.17) is 0 Å². The standard InChI is InChI=1S/C17H16N6O3/c24-14(5-6-20-17(26)13-10-18-7-8-19-13)21-9-12-3-1-11-2-4-15(25)23-16(11)22-12/h1-4,7-8,10H,5-6,9H2,(H,20,26)(H,21,24)(H,22,23,25). The van der Waals surface area contributed by atoms with E-state index in [-0.39, 0.29) is 42.6 Å². The van der Waals surface area contributed by atoms with E-state index >= 15 is 0 Å². The number of H-pyrrole nitrogens is 1. The van der Waals surface area contributed by atoms with Gasteiger partial charge in [-0.25, -0.2) is 9.97 Å². The van der Waals surface area contributed by atoms with E-state index in [0.29, 0.717) is 11.3 Å². The molecule has 0 atom stereocenters. The van der Waals surface area contributed by atoms with Crippen molar-refractivity contribution in [3.05, 3.63) is 64.6 Å². The molecule has 0 saturated heterocycles. The Kier molecular flexibility index (Phi) is 5.28. The van der Waals surface area contributed by atoms with Gasteiger partial charge in [-0.05, 0) is 18.2 Å². The predicted octanol–water partition coefficient (Wildman–Crippen LogP) is 0.149. The molecule has 26 heavy (non-hydrogen) atoms. The lowest BCUT2D eigenvalue weighted by Crippen LogP contribution is -2.31. The van der Waals surface area contributed by atoms with Gasteiger partial charge in [0.1, 0.15) is 11.3 Å². The first-order chi connectivity index (χ1) is 12.6. The highest BCUT2D eigenvalue weighted by Crippen LogP contribution is 2.07. The second kappa shape index (κ2) is 7.97. The van der Waals surface area contributed by atoms with Crippen molar-refractivity contribution in [2.75, 3.05) is 6.54 Å². The SMILES string of the molecule is O=C(CCNC(=O)c1cnccn1)NCc1ccc2ccc(=O)[nH]c2n1. The number of fused-ring (bicyclic) bond motifs is 1. The Morgan fingerprint density at radius 1 is 1.08 bits per heavy atom. The molecule has 3 heterocycles. The molecule has 0 fully saturated rings. The lowest BCUT2D eigenvalue weighted by Gasteiger charge is -2.07. The zero-order chi connectivity index (χ0) is 18.4. The van der Waals surface area contributed by atoms with E-state index in [2.05, 4.69) is 30.6 Å². The Bertz CT molecular complexity index is 986. The van der Waals surface area contributed by atoms with Crippen LogP contribution in [0.1, 0.15) is 22.6 Å². The molecule has 0 spiro atoms. The Morgan fingerprint density at radius 3 is 2.73 bits per heavy atom. The van der Waals surface area contributed by atoms with Gasteiger partial charge < -0.3 is 15.6 Å². The van der Waals surface area contributed by atoms with Crippen LogP contribution in [0, 0.1) is 0 Å². The molecule has 9 nitrogen and oxygen atoms in total. The molecule has 0 aliphatic rings. The van der Waals surface area contributed by atoms with Crippen LogP contribution in [0.15, 0.2) is 47.7 Å². The maximum atomic E-state index is 11.9. The summed E-state index contributed by atoms with van der Waals surface area (Å²) in [5, 5.41) is 6.13. The third kappa shape index (κ3) is 4.47. The second-order valence-electron chi connectivity index (χ2n) is 5.44. The summed E-state index contributed by atoms with van der Waals surface area (Å²) in [4.78, 5) is 49.6. The number of aromatic nitrogens is 4. The van der Waals surface area contributed by atoms with Gasteiger partial charge in [0.2, 0.25) is 11.5 Å². The topological polar surface area (TPSA) is 130 Å². The normalized spacial score (nSPS) is 10.5. The first kappa shape index (κ1) is 17.2. The minimum Gasteiger partial charge on any atom is -0.350 e. The molecule has 0 aliphatic carbocycles. The van der Waals surface area contributed by atoms with Crippen LogP contribution in [0.3, 0.4) is 0 Å². The van der Waals surface area contributed by atoms with Gasteiger partial charge in [-0.3, -0.25) is 19.4 Å². The molecule has 132 valence electrons. The van der Waals surface area contributed by atoms with E-state index in [0.717, 1.165) is 5.39 Å². The molecule has 2 amide bonds. The van der Waals surface area contributed by atoms with Crippen LogP contribution in [-0.2, 0) is 11.3 Å². The maximum Gasteiger partial charge on any atom is 0.271 e. The summed E-state index contributed by atoms with van der Waals surface area (Å²) in [5.74, 6) is -0.612. The molecule has 0 aromatic carbocycles. The third-order valence-corrected chi connectivity index (χ3v) is 3.54. The van der Waals surface area contributed by atoms with Crippen LogP contribution in [0.25, 0.3) is 11.0 Å². The molecule has 0 radical (unpaired) electrons. The summed E-state index contributed by atoms with van der Waals surface area (Å²) < 4.78 is 0. The molecule has 3 rings (SSSR count). The molecule has 0 aliphatic heterocycles. The summed E-state index contributed by atoms with van der Waals surface area (Å²) >= 11 is 0. The van der Waals surface area contributed by atoms with Gasteiger partial charge in [0.25, 0.3) is 5.91 Å². The monoisotopic (exact) mass is 352 g/mol. The van der Waals surface area contributed by atoms with Gasteiger partial charge >= 0.3 is 0 Å².